The number of hydrogen-bond acceptors (Lipinski definition) is 10. The largest absolute Gasteiger partial charge is 0.507 e. The third-order valence-electron chi connectivity index (χ3n) is 7.88. The molecule has 2 aliphatic heterocycles. The molecule has 0 saturated carbocycles. The summed E-state index contributed by atoms with van der Waals surface area (Å²) >= 11 is -0.684. The lowest BCUT2D eigenvalue weighted by molar-refractivity contribution is -0.134. The first-order valence-electron chi connectivity index (χ1n) is 16.6. The second-order valence-electron chi connectivity index (χ2n) is 13.9. The summed E-state index contributed by atoms with van der Waals surface area (Å²) in [5.74, 6) is -2.42. The van der Waals surface area contributed by atoms with Crippen LogP contribution in [0.15, 0.2) is 58.1 Å². The molecule has 2 aliphatic rings. The maximum atomic E-state index is 11.3. The van der Waals surface area contributed by atoms with E-state index in [0.717, 1.165) is 55.9 Å². The highest BCUT2D eigenvalue weighted by molar-refractivity contribution is 8.21. The van der Waals surface area contributed by atoms with Crippen LogP contribution in [0.4, 0.5) is 0 Å². The van der Waals surface area contributed by atoms with Gasteiger partial charge >= 0.3 is 23.9 Å². The number of thiol groups is 1. The van der Waals surface area contributed by atoms with Gasteiger partial charge in [-0.25, -0.2) is 19.2 Å². The Morgan fingerprint density at radius 2 is 1.29 bits per heavy atom. The van der Waals surface area contributed by atoms with Gasteiger partial charge in [0.2, 0.25) is 5.75 Å². The van der Waals surface area contributed by atoms with Crippen LogP contribution in [0.3, 0.4) is 0 Å². The van der Waals surface area contributed by atoms with Gasteiger partial charge in [-0.3, -0.25) is 9.21 Å². The summed E-state index contributed by atoms with van der Waals surface area (Å²) in [6.07, 6.45) is 4.49. The van der Waals surface area contributed by atoms with Crippen molar-refractivity contribution in [2.45, 2.75) is 73.9 Å². The highest BCUT2D eigenvalue weighted by Crippen LogP contribution is 2.59. The van der Waals surface area contributed by atoms with Crippen LogP contribution in [0, 0.1) is 10.8 Å². The van der Waals surface area contributed by atoms with E-state index in [0.29, 0.717) is 47.6 Å². The smallest absolute Gasteiger partial charge is 0.328 e. The molecule has 1 aromatic rings. The first-order valence-corrected chi connectivity index (χ1v) is 18.0. The molecule has 1 saturated heterocycles. The molecule has 0 aliphatic carbocycles. The fourth-order valence-corrected chi connectivity index (χ4v) is 8.66. The average molecular weight is 753 g/mol. The Labute approximate surface area is 309 Å². The number of aliphatic carboxylic acids is 4. The number of nitrogens with zero attached hydrogens (tertiary/aromatic N) is 2. The maximum absolute atomic E-state index is 11.3. The topological polar surface area (TPSA) is 204 Å². The van der Waals surface area contributed by atoms with Gasteiger partial charge in [-0.05, 0) is 28.7 Å². The fraction of sp³-hybridized carbons (Fsp3) is 0.514. The number of carboxylic acids is 4. The molecule has 0 amide bonds. The minimum atomic E-state index is -1.26. The van der Waals surface area contributed by atoms with Crippen molar-refractivity contribution in [1.29, 1.82) is 0 Å². The number of carboxylic acid groups (broad SMARTS) is 4. The van der Waals surface area contributed by atoms with Crippen molar-refractivity contribution in [2.75, 3.05) is 41.0 Å². The number of methoxy groups -OCH3 is 3. The Balaban J connectivity index is 0.000000700. The minimum Gasteiger partial charge on any atom is -0.507 e. The van der Waals surface area contributed by atoms with Gasteiger partial charge in [0.15, 0.2) is 11.5 Å². The van der Waals surface area contributed by atoms with Crippen molar-refractivity contribution in [2.24, 2.45) is 10.8 Å². The Bertz CT molecular complexity index is 1470. The van der Waals surface area contributed by atoms with Crippen LogP contribution >= 0.6 is 11.1 Å². The molecule has 0 aromatic heterocycles. The minimum absolute atomic E-state index is 0.0771. The van der Waals surface area contributed by atoms with E-state index in [-0.39, 0.29) is 10.8 Å². The molecule has 15 heteroatoms. The summed E-state index contributed by atoms with van der Waals surface area (Å²) in [5, 5.41) is 45.0. The first-order chi connectivity index (χ1) is 24.1. The van der Waals surface area contributed by atoms with E-state index in [1.165, 1.54) is 4.91 Å². The third kappa shape index (κ3) is 13.9. The zero-order valence-corrected chi connectivity index (χ0v) is 32.7. The number of benzene rings is 1. The van der Waals surface area contributed by atoms with Gasteiger partial charge in [0, 0.05) is 72.6 Å². The summed E-state index contributed by atoms with van der Waals surface area (Å²) in [4.78, 5) is 42.0. The predicted octanol–water partition coefficient (Wildman–Crippen LogP) is 6.10. The normalized spacial score (nSPS) is 18.9. The fourth-order valence-electron chi connectivity index (χ4n) is 5.63. The van der Waals surface area contributed by atoms with Gasteiger partial charge in [-0.15, -0.1) is 0 Å². The van der Waals surface area contributed by atoms with Crippen molar-refractivity contribution >= 4 is 35.0 Å². The molecule has 0 radical (unpaired) electrons. The van der Waals surface area contributed by atoms with Gasteiger partial charge in [-0.1, -0.05) is 61.0 Å². The van der Waals surface area contributed by atoms with Gasteiger partial charge in [0.25, 0.3) is 0 Å². The number of aliphatic hydroxyl groups is 1. The molecule has 2 heterocycles. The van der Waals surface area contributed by atoms with Crippen molar-refractivity contribution in [3.63, 3.8) is 0 Å². The molecule has 292 valence electrons. The van der Waals surface area contributed by atoms with Crippen LogP contribution in [-0.4, -0.2) is 106 Å². The molecule has 0 spiro atoms. The molecule has 1 fully saturated rings. The Kier molecular flexibility index (Phi) is 18.0. The highest BCUT2D eigenvalue weighted by atomic mass is 32.2. The van der Waals surface area contributed by atoms with Crippen molar-refractivity contribution in [3.05, 3.63) is 63.6 Å². The number of allylic oxidation sites excluding steroid dienone is 2. The lowest BCUT2D eigenvalue weighted by atomic mass is 9.84. The van der Waals surface area contributed by atoms with E-state index >= 15 is 0 Å². The van der Waals surface area contributed by atoms with Crippen molar-refractivity contribution in [3.8, 4) is 17.2 Å². The van der Waals surface area contributed by atoms with E-state index in [4.69, 9.17) is 34.6 Å². The Morgan fingerprint density at radius 3 is 1.67 bits per heavy atom. The van der Waals surface area contributed by atoms with E-state index in [9.17, 15) is 24.3 Å². The SMILES string of the molecule is CCCC1CN([SH]2C=C(C(C)(C)C)C(O)=C2C(C)(C)C)CCN1Cc1ccc(OC)c(OC)c1OC.O=C(O)/C=C/C(=O)O.O=C(O)/C=C/C(=O)O. The second kappa shape index (κ2) is 20.5. The summed E-state index contributed by atoms with van der Waals surface area (Å²) in [7, 11) is 4.99. The summed E-state index contributed by atoms with van der Waals surface area (Å²) < 4.78 is 19.5. The molecule has 52 heavy (non-hydrogen) atoms. The van der Waals surface area contributed by atoms with Gasteiger partial charge in [-0.2, -0.15) is 11.1 Å². The molecular weight excluding hydrogens is 696 g/mol. The summed E-state index contributed by atoms with van der Waals surface area (Å²) in [6.45, 7) is 19.3. The molecule has 14 nitrogen and oxygen atoms in total. The van der Waals surface area contributed by atoms with Gasteiger partial charge in [0.1, 0.15) is 5.76 Å². The standard InChI is InChI=1S/C29H48N2O4S.2C4H4O4/c1-11-12-21-18-31(36-19-22(28(2,3)4)24(32)27(36)29(5,6)7)16-15-30(21)17-20-13-14-23(33-8)26(35-10)25(20)34-9;2*5-3(6)1-2-4(7)8/h13-14,19,21,32,36H,11-12,15-18H2,1-10H3;2*1-2H,(H,5,6)(H,7,8)/b;2*2-1+. The van der Waals surface area contributed by atoms with Crippen LogP contribution in [0.25, 0.3) is 0 Å². The zero-order valence-electron chi connectivity index (χ0n) is 31.8. The van der Waals surface area contributed by atoms with Crippen molar-refractivity contribution < 1.29 is 58.9 Å². The zero-order chi connectivity index (χ0) is 40.0. The molecule has 2 atom stereocenters. The quantitative estimate of drug-likeness (QED) is 0.106. The van der Waals surface area contributed by atoms with Crippen LogP contribution in [0.2, 0.25) is 0 Å². The lowest BCUT2D eigenvalue weighted by Crippen LogP contribution is -2.51. The molecule has 2 unspecified atom stereocenters. The van der Waals surface area contributed by atoms with E-state index in [2.05, 4.69) is 69.1 Å². The van der Waals surface area contributed by atoms with E-state index in [1.54, 1.807) is 21.3 Å². The molecule has 0 bridgehead atoms. The molecule has 3 rings (SSSR count). The Hall–Kier alpha value is -4.47. The van der Waals surface area contributed by atoms with Crippen LogP contribution in [0.1, 0.15) is 66.9 Å². The lowest BCUT2D eigenvalue weighted by Gasteiger charge is -2.46. The van der Waals surface area contributed by atoms with Crippen molar-refractivity contribution in [1.82, 2.24) is 9.21 Å². The number of carbonyl (C=O) groups is 4. The van der Waals surface area contributed by atoms with Gasteiger partial charge in [0.05, 0.1) is 21.3 Å². The number of hydrogen-bond donors (Lipinski definition) is 6. The van der Waals surface area contributed by atoms with Crippen LogP contribution in [0.5, 0.6) is 17.2 Å². The number of ether oxygens (including phenoxy) is 3. The molecule has 1 aromatic carbocycles. The van der Waals surface area contributed by atoms with E-state index in [1.807, 2.05) is 6.07 Å². The van der Waals surface area contributed by atoms with Crippen LogP contribution in [-0.2, 0) is 25.7 Å². The summed E-state index contributed by atoms with van der Waals surface area (Å²) in [6, 6.07) is 4.48. The number of aliphatic hydroxyl groups excluding tert-OH is 1. The van der Waals surface area contributed by atoms with E-state index < -0.39 is 35.0 Å². The maximum Gasteiger partial charge on any atom is 0.328 e. The number of piperazine rings is 1. The first kappa shape index (κ1) is 45.6. The van der Waals surface area contributed by atoms with Crippen LogP contribution < -0.4 is 14.2 Å². The predicted molar refractivity (Wildman–Crippen MR) is 201 cm³/mol. The third-order valence-corrected chi connectivity index (χ3v) is 10.7. The molecular formula is C37H56N2O12S. The summed E-state index contributed by atoms with van der Waals surface area (Å²) in [5.41, 5.74) is 2.05. The Morgan fingerprint density at radius 1 is 0.788 bits per heavy atom. The van der Waals surface area contributed by atoms with Gasteiger partial charge < -0.3 is 39.7 Å². The average Bonchev–Trinajstić information content (AvgIpc) is 3.42. The monoisotopic (exact) mass is 752 g/mol. The highest BCUT2D eigenvalue weighted by Gasteiger charge is 2.40. The second-order valence-corrected chi connectivity index (χ2v) is 15.9. The molecule has 5 N–H and O–H groups in total. The number of rotatable bonds is 12.